The zero-order chi connectivity index (χ0) is 15.4. The van der Waals surface area contributed by atoms with Crippen LogP contribution < -0.4 is 5.32 Å². The van der Waals surface area contributed by atoms with E-state index >= 15 is 0 Å². The average Bonchev–Trinajstić information content (AvgIpc) is 2.86. The molecule has 0 heterocycles. The van der Waals surface area contributed by atoms with E-state index in [1.54, 1.807) is 0 Å². The highest BCUT2D eigenvalue weighted by Gasteiger charge is 2.30. The standard InChI is InChI=1S/C14H15F2NO3S/c15-9-2-4-12(11(16)6-9)21-7-13(18)17-10-3-1-8(5-10)14(19)20/h2,4,6,8,10H,1,3,5,7H2,(H,17,18)(H,19,20)/t8-,10+/m1/s1. The Bertz CT molecular complexity index is 553. The van der Waals surface area contributed by atoms with Gasteiger partial charge in [-0.15, -0.1) is 11.8 Å². The normalized spacial score (nSPS) is 21.2. The molecule has 1 aromatic carbocycles. The monoisotopic (exact) mass is 315 g/mol. The van der Waals surface area contributed by atoms with Gasteiger partial charge in [-0.1, -0.05) is 0 Å². The van der Waals surface area contributed by atoms with Gasteiger partial charge in [0.05, 0.1) is 11.7 Å². The molecule has 0 aromatic heterocycles. The van der Waals surface area contributed by atoms with Gasteiger partial charge in [-0.3, -0.25) is 9.59 Å². The summed E-state index contributed by atoms with van der Waals surface area (Å²) >= 11 is 0.984. The molecule has 0 spiro atoms. The third-order valence-corrected chi connectivity index (χ3v) is 4.45. The minimum atomic E-state index is -0.838. The lowest BCUT2D eigenvalue weighted by Crippen LogP contribution is -2.34. The molecule has 2 atom stereocenters. The minimum Gasteiger partial charge on any atom is -0.481 e. The molecule has 1 aromatic rings. The molecule has 0 radical (unpaired) electrons. The highest BCUT2D eigenvalue weighted by Crippen LogP contribution is 2.26. The number of halogens is 2. The molecule has 1 aliphatic carbocycles. The van der Waals surface area contributed by atoms with Gasteiger partial charge in [-0.2, -0.15) is 0 Å². The van der Waals surface area contributed by atoms with Crippen LogP contribution >= 0.6 is 11.8 Å². The molecule has 0 unspecified atom stereocenters. The number of nitrogens with one attached hydrogen (secondary N) is 1. The van der Waals surface area contributed by atoms with Crippen molar-refractivity contribution in [2.45, 2.75) is 30.2 Å². The molecule has 1 amide bonds. The first kappa shape index (κ1) is 15.8. The minimum absolute atomic E-state index is 0.0107. The smallest absolute Gasteiger partial charge is 0.306 e. The molecule has 1 aliphatic rings. The van der Waals surface area contributed by atoms with Crippen LogP contribution in [0, 0.1) is 17.6 Å². The fourth-order valence-corrected chi connectivity index (χ4v) is 3.07. The summed E-state index contributed by atoms with van der Waals surface area (Å²) in [7, 11) is 0. The van der Waals surface area contributed by atoms with Crippen molar-refractivity contribution in [3.8, 4) is 0 Å². The van der Waals surface area contributed by atoms with Gasteiger partial charge < -0.3 is 10.4 Å². The number of carbonyl (C=O) groups excluding carboxylic acids is 1. The second kappa shape index (κ2) is 6.89. The second-order valence-electron chi connectivity index (χ2n) is 4.98. The van der Waals surface area contributed by atoms with Crippen LogP contribution in [-0.4, -0.2) is 28.8 Å². The molecule has 21 heavy (non-hydrogen) atoms. The van der Waals surface area contributed by atoms with Crippen molar-refractivity contribution in [2.24, 2.45) is 5.92 Å². The van der Waals surface area contributed by atoms with Crippen molar-refractivity contribution in [2.75, 3.05) is 5.75 Å². The fraction of sp³-hybridized carbons (Fsp3) is 0.429. The van der Waals surface area contributed by atoms with E-state index < -0.39 is 23.5 Å². The first-order valence-electron chi connectivity index (χ1n) is 6.55. The Balaban J connectivity index is 1.79. The summed E-state index contributed by atoms with van der Waals surface area (Å²) in [5.74, 6) is -2.87. The van der Waals surface area contributed by atoms with E-state index in [9.17, 15) is 18.4 Å². The van der Waals surface area contributed by atoms with Crippen molar-refractivity contribution in [3.05, 3.63) is 29.8 Å². The summed E-state index contributed by atoms with van der Waals surface area (Å²) in [5.41, 5.74) is 0. The van der Waals surface area contributed by atoms with Gasteiger partial charge in [0, 0.05) is 17.0 Å². The highest BCUT2D eigenvalue weighted by atomic mass is 32.2. The third kappa shape index (κ3) is 4.42. The van der Waals surface area contributed by atoms with E-state index in [1.807, 2.05) is 0 Å². The number of hydrogen-bond donors (Lipinski definition) is 2. The highest BCUT2D eigenvalue weighted by molar-refractivity contribution is 8.00. The molecule has 0 bridgehead atoms. The Morgan fingerprint density at radius 1 is 1.33 bits per heavy atom. The Morgan fingerprint density at radius 2 is 2.10 bits per heavy atom. The van der Waals surface area contributed by atoms with Crippen molar-refractivity contribution in [1.29, 1.82) is 0 Å². The lowest BCUT2D eigenvalue weighted by atomic mass is 10.1. The first-order chi connectivity index (χ1) is 9.95. The van der Waals surface area contributed by atoms with Gasteiger partial charge in [0.15, 0.2) is 0 Å². The van der Waals surface area contributed by atoms with E-state index in [-0.39, 0.29) is 22.6 Å². The Hall–Kier alpha value is -1.63. The summed E-state index contributed by atoms with van der Waals surface area (Å²) in [6.45, 7) is 0. The maximum Gasteiger partial charge on any atom is 0.306 e. The largest absolute Gasteiger partial charge is 0.481 e. The molecule has 2 N–H and O–H groups in total. The zero-order valence-corrected chi connectivity index (χ0v) is 12.0. The fourth-order valence-electron chi connectivity index (χ4n) is 2.34. The number of rotatable bonds is 5. The molecular weight excluding hydrogens is 300 g/mol. The van der Waals surface area contributed by atoms with Crippen molar-refractivity contribution in [3.63, 3.8) is 0 Å². The first-order valence-corrected chi connectivity index (χ1v) is 7.54. The van der Waals surface area contributed by atoms with Crippen LogP contribution in [0.4, 0.5) is 8.78 Å². The van der Waals surface area contributed by atoms with Crippen molar-refractivity contribution in [1.82, 2.24) is 5.32 Å². The molecule has 7 heteroatoms. The molecule has 2 rings (SSSR count). The predicted octanol–water partition coefficient (Wildman–Crippen LogP) is 2.43. The molecule has 1 fully saturated rings. The quantitative estimate of drug-likeness (QED) is 0.819. The van der Waals surface area contributed by atoms with E-state index in [0.717, 1.165) is 23.9 Å². The van der Waals surface area contributed by atoms with Crippen LogP contribution in [-0.2, 0) is 9.59 Å². The number of thioether (sulfide) groups is 1. The van der Waals surface area contributed by atoms with Gasteiger partial charge >= 0.3 is 5.97 Å². The SMILES string of the molecule is O=C(CSc1ccc(F)cc1F)N[C@H]1CC[C@@H](C(=O)O)C1. The summed E-state index contributed by atoms with van der Waals surface area (Å²) < 4.78 is 26.1. The maximum absolute atomic E-state index is 13.4. The molecule has 0 saturated heterocycles. The summed E-state index contributed by atoms with van der Waals surface area (Å²) in [6, 6.07) is 3.06. The van der Waals surface area contributed by atoms with Crippen LogP contribution in [0.2, 0.25) is 0 Å². The lowest BCUT2D eigenvalue weighted by molar-refractivity contribution is -0.141. The summed E-state index contributed by atoms with van der Waals surface area (Å²) in [4.78, 5) is 22.8. The summed E-state index contributed by atoms with van der Waals surface area (Å²) in [6.07, 6.45) is 1.62. The van der Waals surface area contributed by atoms with Crippen LogP contribution in [0.5, 0.6) is 0 Å². The Kier molecular flexibility index (Phi) is 5.17. The van der Waals surface area contributed by atoms with Crippen LogP contribution in [0.3, 0.4) is 0 Å². The summed E-state index contributed by atoms with van der Waals surface area (Å²) in [5, 5.41) is 11.6. The number of aliphatic carboxylic acids is 1. The third-order valence-electron chi connectivity index (χ3n) is 3.40. The van der Waals surface area contributed by atoms with Crippen LogP contribution in [0.25, 0.3) is 0 Å². The number of hydrogen-bond acceptors (Lipinski definition) is 3. The predicted molar refractivity (Wildman–Crippen MR) is 74.0 cm³/mol. The maximum atomic E-state index is 13.4. The van der Waals surface area contributed by atoms with E-state index in [1.165, 1.54) is 6.07 Å². The van der Waals surface area contributed by atoms with Gasteiger partial charge in [0.1, 0.15) is 11.6 Å². The second-order valence-corrected chi connectivity index (χ2v) is 5.99. The Labute approximate surface area is 124 Å². The van der Waals surface area contributed by atoms with Gasteiger partial charge in [0.2, 0.25) is 5.91 Å². The number of benzene rings is 1. The lowest BCUT2D eigenvalue weighted by Gasteiger charge is -2.12. The zero-order valence-electron chi connectivity index (χ0n) is 11.1. The van der Waals surface area contributed by atoms with Gasteiger partial charge in [-0.05, 0) is 31.4 Å². The topological polar surface area (TPSA) is 66.4 Å². The van der Waals surface area contributed by atoms with Gasteiger partial charge in [0.25, 0.3) is 0 Å². The van der Waals surface area contributed by atoms with E-state index in [0.29, 0.717) is 19.3 Å². The van der Waals surface area contributed by atoms with Crippen LogP contribution in [0.1, 0.15) is 19.3 Å². The van der Waals surface area contributed by atoms with Crippen molar-refractivity contribution >= 4 is 23.6 Å². The molecule has 4 nitrogen and oxygen atoms in total. The average molecular weight is 315 g/mol. The molecule has 1 saturated carbocycles. The number of amides is 1. The number of carboxylic acids is 1. The molecular formula is C14H15F2NO3S. The van der Waals surface area contributed by atoms with Crippen molar-refractivity contribution < 1.29 is 23.5 Å². The van der Waals surface area contributed by atoms with Gasteiger partial charge in [-0.25, -0.2) is 8.78 Å². The number of carboxylic acid groups (broad SMARTS) is 1. The van der Waals surface area contributed by atoms with Crippen LogP contribution in [0.15, 0.2) is 23.1 Å². The van der Waals surface area contributed by atoms with E-state index in [2.05, 4.69) is 5.32 Å². The molecule has 114 valence electrons. The molecule has 0 aliphatic heterocycles. The van der Waals surface area contributed by atoms with E-state index in [4.69, 9.17) is 5.11 Å². The Morgan fingerprint density at radius 3 is 2.71 bits per heavy atom. The number of carbonyl (C=O) groups is 2.